The van der Waals surface area contributed by atoms with Gasteiger partial charge < -0.3 is 15.1 Å². The van der Waals surface area contributed by atoms with Crippen LogP contribution in [0.25, 0.3) is 16.9 Å². The molecule has 6 rings (SSSR count). The van der Waals surface area contributed by atoms with Crippen molar-refractivity contribution < 1.29 is 4.79 Å². The van der Waals surface area contributed by atoms with Crippen molar-refractivity contribution in [2.24, 2.45) is 7.05 Å². The molecule has 1 saturated heterocycles. The summed E-state index contributed by atoms with van der Waals surface area (Å²) in [6.45, 7) is 4.95. The molecule has 10 nitrogen and oxygen atoms in total. The molecule has 1 aromatic carbocycles. The van der Waals surface area contributed by atoms with Crippen LogP contribution in [-0.2, 0) is 7.05 Å². The summed E-state index contributed by atoms with van der Waals surface area (Å²) >= 11 is 0. The van der Waals surface area contributed by atoms with Crippen LogP contribution in [0.2, 0.25) is 0 Å². The number of hydrogen-bond donors (Lipinski definition) is 1. The van der Waals surface area contributed by atoms with E-state index in [9.17, 15) is 9.59 Å². The predicted molar refractivity (Wildman–Crippen MR) is 144 cm³/mol. The SMILES string of the molecule is CNC1CC(n2c(=O)n(-c3cnn(C)c3)c3ccc(N4CCN(c5ccc(C(C)=O)cc5)CC4)nc32)C1. The summed E-state index contributed by atoms with van der Waals surface area (Å²) in [5.74, 6) is 0.970. The van der Waals surface area contributed by atoms with Gasteiger partial charge >= 0.3 is 5.69 Å². The van der Waals surface area contributed by atoms with Crippen LogP contribution in [0.3, 0.4) is 0 Å². The van der Waals surface area contributed by atoms with Crippen LogP contribution in [0.15, 0.2) is 53.6 Å². The largest absolute Gasteiger partial charge is 0.368 e. The van der Waals surface area contributed by atoms with Crippen molar-refractivity contribution in [3.63, 3.8) is 0 Å². The average Bonchev–Trinajstić information content (AvgIpc) is 3.43. The molecule has 2 fully saturated rings. The summed E-state index contributed by atoms with van der Waals surface area (Å²) in [6.07, 6.45) is 5.40. The molecule has 0 atom stereocenters. The van der Waals surface area contributed by atoms with Crippen LogP contribution in [0.5, 0.6) is 0 Å². The van der Waals surface area contributed by atoms with Gasteiger partial charge in [-0.2, -0.15) is 5.10 Å². The molecule has 37 heavy (non-hydrogen) atoms. The van der Waals surface area contributed by atoms with Crippen molar-refractivity contribution in [3.8, 4) is 5.69 Å². The Bertz CT molecular complexity index is 1500. The number of imidazole rings is 1. The minimum Gasteiger partial charge on any atom is -0.368 e. The number of aryl methyl sites for hydroxylation is 1. The number of anilines is 2. The molecule has 4 aromatic rings. The van der Waals surface area contributed by atoms with Crippen LogP contribution in [0, 0.1) is 0 Å². The maximum Gasteiger partial charge on any atom is 0.335 e. The molecule has 10 heteroatoms. The number of benzene rings is 1. The second-order valence-electron chi connectivity index (χ2n) is 10.1. The number of fused-ring (bicyclic) bond motifs is 1. The summed E-state index contributed by atoms with van der Waals surface area (Å²) in [5.41, 5.74) is 4.08. The first kappa shape index (κ1) is 23.5. The fourth-order valence-electron chi connectivity index (χ4n) is 5.50. The van der Waals surface area contributed by atoms with Gasteiger partial charge in [-0.25, -0.2) is 9.78 Å². The zero-order valence-corrected chi connectivity index (χ0v) is 21.5. The van der Waals surface area contributed by atoms with Crippen LogP contribution in [0.1, 0.15) is 36.2 Å². The third kappa shape index (κ3) is 4.11. The van der Waals surface area contributed by atoms with E-state index in [0.29, 0.717) is 6.04 Å². The van der Waals surface area contributed by atoms with Crippen molar-refractivity contribution >= 4 is 28.5 Å². The molecule has 0 amide bonds. The van der Waals surface area contributed by atoms with E-state index in [1.807, 2.05) is 61.3 Å². The Kier molecular flexibility index (Phi) is 5.83. The highest BCUT2D eigenvalue weighted by Crippen LogP contribution is 2.34. The van der Waals surface area contributed by atoms with Crippen molar-refractivity contribution in [1.82, 2.24) is 29.2 Å². The molecule has 4 heterocycles. The van der Waals surface area contributed by atoms with Gasteiger partial charge in [0.15, 0.2) is 11.4 Å². The second kappa shape index (κ2) is 9.19. The van der Waals surface area contributed by atoms with Gasteiger partial charge in [0.2, 0.25) is 0 Å². The summed E-state index contributed by atoms with van der Waals surface area (Å²) in [6, 6.07) is 12.4. The number of nitrogens with one attached hydrogen (secondary N) is 1. The van der Waals surface area contributed by atoms with Crippen molar-refractivity contribution in [3.05, 3.63) is 64.8 Å². The first-order valence-corrected chi connectivity index (χ1v) is 12.8. The van der Waals surface area contributed by atoms with Gasteiger partial charge in [0, 0.05) is 62.8 Å². The van der Waals surface area contributed by atoms with Gasteiger partial charge in [-0.15, -0.1) is 0 Å². The van der Waals surface area contributed by atoms with Crippen molar-refractivity contribution in [2.45, 2.75) is 31.8 Å². The molecule has 0 unspecified atom stereocenters. The van der Waals surface area contributed by atoms with Gasteiger partial charge in [-0.3, -0.25) is 18.6 Å². The Morgan fingerprint density at radius 2 is 1.68 bits per heavy atom. The van der Waals surface area contributed by atoms with E-state index in [4.69, 9.17) is 4.98 Å². The summed E-state index contributed by atoms with van der Waals surface area (Å²) in [7, 11) is 3.82. The topological polar surface area (TPSA) is 93.2 Å². The third-order valence-corrected chi connectivity index (χ3v) is 7.78. The molecular formula is C27H32N8O2. The number of pyridine rings is 1. The Hall–Kier alpha value is -3.92. The van der Waals surface area contributed by atoms with E-state index >= 15 is 0 Å². The smallest absolute Gasteiger partial charge is 0.335 e. The minimum absolute atomic E-state index is 0.0639. The number of Topliss-reactive ketones (excluding diaryl/α,β-unsaturated/α-hetero) is 1. The lowest BCUT2D eigenvalue weighted by molar-refractivity contribution is 0.101. The minimum atomic E-state index is -0.0639. The Balaban J connectivity index is 1.29. The van der Waals surface area contributed by atoms with Crippen molar-refractivity contribution in [1.29, 1.82) is 0 Å². The van der Waals surface area contributed by atoms with Crippen LogP contribution in [0.4, 0.5) is 11.5 Å². The van der Waals surface area contributed by atoms with E-state index in [-0.39, 0.29) is 17.5 Å². The number of rotatable bonds is 6. The highest BCUT2D eigenvalue weighted by Gasteiger charge is 2.33. The lowest BCUT2D eigenvalue weighted by Gasteiger charge is -2.37. The lowest BCUT2D eigenvalue weighted by atomic mass is 9.87. The van der Waals surface area contributed by atoms with Gasteiger partial charge in [0.25, 0.3) is 0 Å². The second-order valence-corrected chi connectivity index (χ2v) is 10.1. The molecule has 0 radical (unpaired) electrons. The van der Waals surface area contributed by atoms with Gasteiger partial charge in [0.1, 0.15) is 5.82 Å². The van der Waals surface area contributed by atoms with Gasteiger partial charge in [-0.1, -0.05) is 0 Å². The van der Waals surface area contributed by atoms with Gasteiger partial charge in [-0.05, 0) is 63.2 Å². The number of ketones is 1. The zero-order chi connectivity index (χ0) is 25.7. The van der Waals surface area contributed by atoms with E-state index in [0.717, 1.165) is 72.9 Å². The lowest BCUT2D eigenvalue weighted by Crippen LogP contribution is -2.47. The molecule has 0 bridgehead atoms. The van der Waals surface area contributed by atoms with Gasteiger partial charge in [0.05, 0.1) is 17.4 Å². The fraction of sp³-hybridized carbons (Fsp3) is 0.407. The van der Waals surface area contributed by atoms with E-state index in [2.05, 4.69) is 20.2 Å². The molecule has 1 saturated carbocycles. The zero-order valence-electron chi connectivity index (χ0n) is 21.5. The molecule has 0 spiro atoms. The maximum atomic E-state index is 13.7. The first-order chi connectivity index (χ1) is 17.9. The number of carbonyl (C=O) groups is 1. The molecule has 1 aliphatic heterocycles. The maximum absolute atomic E-state index is 13.7. The molecule has 1 N–H and O–H groups in total. The predicted octanol–water partition coefficient (Wildman–Crippen LogP) is 2.37. The molecular weight excluding hydrogens is 468 g/mol. The van der Waals surface area contributed by atoms with Crippen LogP contribution >= 0.6 is 0 Å². The van der Waals surface area contributed by atoms with Crippen LogP contribution in [-0.4, -0.2) is 69.0 Å². The Morgan fingerprint density at radius 1 is 0.973 bits per heavy atom. The van der Waals surface area contributed by atoms with Crippen molar-refractivity contribution in [2.75, 3.05) is 43.0 Å². The normalized spacial score (nSPS) is 19.9. The number of hydrogen-bond acceptors (Lipinski definition) is 7. The number of aromatic nitrogens is 5. The third-order valence-electron chi connectivity index (χ3n) is 7.78. The number of piperazine rings is 1. The Labute approximate surface area is 215 Å². The highest BCUT2D eigenvalue weighted by atomic mass is 16.2. The first-order valence-electron chi connectivity index (χ1n) is 12.8. The summed E-state index contributed by atoms with van der Waals surface area (Å²) in [4.78, 5) is 34.9. The van der Waals surface area contributed by atoms with E-state index < -0.39 is 0 Å². The van der Waals surface area contributed by atoms with Crippen LogP contribution < -0.4 is 20.8 Å². The Morgan fingerprint density at radius 3 is 2.30 bits per heavy atom. The standard InChI is InChI=1S/C27H32N8O2/c1-18(36)19-4-6-21(7-5-19)32-10-12-33(13-11-32)25-9-8-24-26(30-25)35(22-14-20(15-22)28-2)27(37)34(24)23-16-29-31(3)17-23/h4-9,16-17,20,22,28H,10-15H2,1-3H3. The summed E-state index contributed by atoms with van der Waals surface area (Å²) < 4.78 is 5.32. The molecule has 192 valence electrons. The fourth-order valence-corrected chi connectivity index (χ4v) is 5.50. The van der Waals surface area contributed by atoms with E-state index in [1.165, 1.54) is 0 Å². The molecule has 2 aliphatic rings. The number of carbonyl (C=O) groups excluding carboxylic acids is 1. The molecule has 3 aromatic heterocycles. The highest BCUT2D eigenvalue weighted by molar-refractivity contribution is 5.94. The quantitative estimate of drug-likeness (QED) is 0.406. The van der Waals surface area contributed by atoms with E-state index in [1.54, 1.807) is 22.4 Å². The average molecular weight is 501 g/mol. The summed E-state index contributed by atoms with van der Waals surface area (Å²) in [5, 5.41) is 7.59. The monoisotopic (exact) mass is 500 g/mol. The molecule has 1 aliphatic carbocycles. The number of nitrogens with zero attached hydrogens (tertiary/aromatic N) is 7.